The largest absolute Gasteiger partial charge is 0.325 e. The van der Waals surface area contributed by atoms with Gasteiger partial charge >= 0.3 is 0 Å². The van der Waals surface area contributed by atoms with Crippen LogP contribution in [0.5, 0.6) is 0 Å². The lowest BCUT2D eigenvalue weighted by Gasteiger charge is -2.05. The molecule has 0 aliphatic carbocycles. The number of nitrogens with one attached hydrogen (secondary N) is 2. The van der Waals surface area contributed by atoms with E-state index < -0.39 is 0 Å². The van der Waals surface area contributed by atoms with Crippen LogP contribution in [0.2, 0.25) is 0 Å². The smallest absolute Gasteiger partial charge is 0.252 e. The molecular weight excluding hydrogens is 382 g/mol. The number of carbonyl (C=O) groups excluding carboxylic acids is 1. The predicted octanol–water partition coefficient (Wildman–Crippen LogP) is 2.22. The number of hydrogen-bond donors (Lipinski definition) is 2. The average Bonchev–Trinajstić information content (AvgIpc) is 2.91. The monoisotopic (exact) mass is 393 g/mol. The SMILES string of the molecule is Cc1cc(=O)[nH]c2nnc(SCC(=O)Nc3ccc(Br)cc3)n12. The topological polar surface area (TPSA) is 92.2 Å². The first kappa shape index (κ1) is 15.8. The maximum atomic E-state index is 12.0. The Balaban J connectivity index is 1.69. The summed E-state index contributed by atoms with van der Waals surface area (Å²) in [5, 5.41) is 11.3. The van der Waals surface area contributed by atoms with Gasteiger partial charge in [-0.1, -0.05) is 27.7 Å². The fraction of sp³-hybridized carbons (Fsp3) is 0.143. The van der Waals surface area contributed by atoms with E-state index in [1.54, 1.807) is 11.3 Å². The molecule has 23 heavy (non-hydrogen) atoms. The van der Waals surface area contributed by atoms with Gasteiger partial charge < -0.3 is 5.32 Å². The summed E-state index contributed by atoms with van der Waals surface area (Å²) in [6, 6.07) is 8.80. The third-order valence-corrected chi connectivity index (χ3v) is 4.48. The van der Waals surface area contributed by atoms with E-state index in [4.69, 9.17) is 0 Å². The van der Waals surface area contributed by atoms with Crippen LogP contribution in [0.4, 0.5) is 5.69 Å². The van der Waals surface area contributed by atoms with Crippen LogP contribution < -0.4 is 10.9 Å². The molecule has 0 bridgehead atoms. The number of halogens is 1. The molecule has 7 nitrogen and oxygen atoms in total. The van der Waals surface area contributed by atoms with E-state index in [9.17, 15) is 9.59 Å². The lowest BCUT2D eigenvalue weighted by molar-refractivity contribution is -0.113. The highest BCUT2D eigenvalue weighted by atomic mass is 79.9. The number of aryl methyl sites for hydroxylation is 1. The Morgan fingerprint density at radius 2 is 2.09 bits per heavy atom. The van der Waals surface area contributed by atoms with Crippen molar-refractivity contribution in [3.8, 4) is 0 Å². The summed E-state index contributed by atoms with van der Waals surface area (Å²) in [6.45, 7) is 1.79. The van der Waals surface area contributed by atoms with Gasteiger partial charge in [0, 0.05) is 21.9 Å². The Labute approximate surface area is 143 Å². The fourth-order valence-corrected chi connectivity index (χ4v) is 3.08. The quantitative estimate of drug-likeness (QED) is 0.662. The molecule has 2 N–H and O–H groups in total. The van der Waals surface area contributed by atoms with E-state index in [0.29, 0.717) is 16.6 Å². The van der Waals surface area contributed by atoms with Crippen LogP contribution in [0.3, 0.4) is 0 Å². The molecule has 2 heterocycles. The van der Waals surface area contributed by atoms with Crippen LogP contribution in [-0.2, 0) is 4.79 Å². The van der Waals surface area contributed by atoms with Gasteiger partial charge in [-0.05, 0) is 31.2 Å². The van der Waals surface area contributed by atoms with Crippen molar-refractivity contribution in [1.29, 1.82) is 0 Å². The van der Waals surface area contributed by atoms with Crippen LogP contribution >= 0.6 is 27.7 Å². The second kappa shape index (κ2) is 6.55. The Bertz CT molecular complexity index is 919. The number of hydrogen-bond acceptors (Lipinski definition) is 5. The molecule has 0 fully saturated rings. The summed E-state index contributed by atoms with van der Waals surface area (Å²) in [5.41, 5.74) is 1.21. The van der Waals surface area contributed by atoms with Gasteiger partial charge in [0.15, 0.2) is 5.16 Å². The number of fused-ring (bicyclic) bond motifs is 1. The van der Waals surface area contributed by atoms with E-state index >= 15 is 0 Å². The zero-order valence-electron chi connectivity index (χ0n) is 12.0. The molecule has 0 saturated heterocycles. The maximum absolute atomic E-state index is 12.0. The lowest BCUT2D eigenvalue weighted by atomic mass is 10.3. The van der Waals surface area contributed by atoms with E-state index in [1.165, 1.54) is 17.8 Å². The molecule has 0 aliphatic rings. The number of aromatic nitrogens is 4. The van der Waals surface area contributed by atoms with Crippen LogP contribution in [0.15, 0.2) is 44.8 Å². The van der Waals surface area contributed by atoms with Gasteiger partial charge in [-0.3, -0.25) is 19.0 Å². The van der Waals surface area contributed by atoms with Crippen molar-refractivity contribution in [1.82, 2.24) is 19.6 Å². The minimum absolute atomic E-state index is 0.142. The molecule has 3 rings (SSSR count). The highest BCUT2D eigenvalue weighted by Gasteiger charge is 2.12. The number of rotatable bonds is 4. The van der Waals surface area contributed by atoms with Crippen molar-refractivity contribution in [3.05, 3.63) is 50.9 Å². The standard InChI is InChI=1S/C14H12BrN5O2S/c1-8-6-11(21)17-13-18-19-14(20(8)13)23-7-12(22)16-10-4-2-9(15)3-5-10/h2-6H,7H2,1H3,(H,16,22)(H,17,18,21). The van der Waals surface area contributed by atoms with Gasteiger partial charge in [0.1, 0.15) is 0 Å². The van der Waals surface area contributed by atoms with Crippen molar-refractivity contribution in [2.24, 2.45) is 0 Å². The number of H-pyrrole nitrogens is 1. The first-order valence-electron chi connectivity index (χ1n) is 6.66. The molecule has 0 saturated carbocycles. The molecular formula is C14H12BrN5O2S. The number of benzene rings is 1. The summed E-state index contributed by atoms with van der Waals surface area (Å²) < 4.78 is 2.66. The van der Waals surface area contributed by atoms with Crippen LogP contribution in [0, 0.1) is 6.92 Å². The molecule has 2 aromatic heterocycles. The summed E-state index contributed by atoms with van der Waals surface area (Å²) in [6.07, 6.45) is 0. The van der Waals surface area contributed by atoms with Gasteiger partial charge in [0.2, 0.25) is 11.7 Å². The number of amides is 1. The molecule has 0 atom stereocenters. The van der Waals surface area contributed by atoms with E-state index in [1.807, 2.05) is 24.3 Å². The molecule has 0 aliphatic heterocycles. The van der Waals surface area contributed by atoms with Gasteiger partial charge in [-0.25, -0.2) is 0 Å². The highest BCUT2D eigenvalue weighted by molar-refractivity contribution is 9.10. The highest BCUT2D eigenvalue weighted by Crippen LogP contribution is 2.18. The van der Waals surface area contributed by atoms with Gasteiger partial charge in [-0.15, -0.1) is 10.2 Å². The summed E-state index contributed by atoms with van der Waals surface area (Å²) >= 11 is 4.60. The van der Waals surface area contributed by atoms with E-state index in [2.05, 4.69) is 36.4 Å². The van der Waals surface area contributed by atoms with Gasteiger partial charge in [-0.2, -0.15) is 0 Å². The minimum atomic E-state index is -0.230. The second-order valence-electron chi connectivity index (χ2n) is 4.76. The normalized spacial score (nSPS) is 10.9. The fourth-order valence-electron chi connectivity index (χ4n) is 2.02. The van der Waals surface area contributed by atoms with Crippen molar-refractivity contribution in [2.45, 2.75) is 12.1 Å². The Hall–Kier alpha value is -2.13. The molecule has 118 valence electrons. The van der Waals surface area contributed by atoms with Crippen molar-refractivity contribution in [2.75, 3.05) is 11.1 Å². The zero-order chi connectivity index (χ0) is 16.4. The minimum Gasteiger partial charge on any atom is -0.325 e. The molecule has 9 heteroatoms. The second-order valence-corrected chi connectivity index (χ2v) is 6.62. The number of anilines is 1. The third kappa shape index (κ3) is 3.62. The third-order valence-electron chi connectivity index (χ3n) is 3.02. The number of aromatic amines is 1. The van der Waals surface area contributed by atoms with Crippen molar-refractivity contribution < 1.29 is 4.79 Å². The van der Waals surface area contributed by atoms with Crippen LogP contribution in [0.25, 0.3) is 5.78 Å². The number of carbonyl (C=O) groups is 1. The van der Waals surface area contributed by atoms with Crippen LogP contribution in [0.1, 0.15) is 5.69 Å². The number of nitrogens with zero attached hydrogens (tertiary/aromatic N) is 3. The predicted molar refractivity (Wildman–Crippen MR) is 91.8 cm³/mol. The number of thioether (sulfide) groups is 1. The molecule has 0 unspecified atom stereocenters. The van der Waals surface area contributed by atoms with E-state index in [0.717, 1.165) is 10.2 Å². The van der Waals surface area contributed by atoms with Gasteiger partial charge in [0.25, 0.3) is 5.56 Å². The molecule has 0 spiro atoms. The first-order valence-corrected chi connectivity index (χ1v) is 8.44. The Morgan fingerprint density at radius 1 is 1.35 bits per heavy atom. The molecule has 1 aromatic carbocycles. The average molecular weight is 394 g/mol. The molecule has 3 aromatic rings. The summed E-state index contributed by atoms with van der Waals surface area (Å²) in [5.74, 6) is 0.414. The molecule has 0 radical (unpaired) electrons. The van der Waals surface area contributed by atoms with Crippen molar-refractivity contribution in [3.63, 3.8) is 0 Å². The molecule has 1 amide bonds. The summed E-state index contributed by atoms with van der Waals surface area (Å²) in [7, 11) is 0. The zero-order valence-corrected chi connectivity index (χ0v) is 14.4. The van der Waals surface area contributed by atoms with E-state index in [-0.39, 0.29) is 17.2 Å². The maximum Gasteiger partial charge on any atom is 0.252 e. The lowest BCUT2D eigenvalue weighted by Crippen LogP contribution is -2.14. The Kier molecular flexibility index (Phi) is 4.49. The Morgan fingerprint density at radius 3 is 2.83 bits per heavy atom. The summed E-state index contributed by atoms with van der Waals surface area (Å²) in [4.78, 5) is 26.0. The van der Waals surface area contributed by atoms with Crippen LogP contribution in [-0.4, -0.2) is 31.2 Å². The first-order chi connectivity index (χ1) is 11.0. The van der Waals surface area contributed by atoms with Crippen molar-refractivity contribution >= 4 is 45.1 Å². The van der Waals surface area contributed by atoms with Gasteiger partial charge in [0.05, 0.1) is 5.75 Å².